The highest BCUT2D eigenvalue weighted by Crippen LogP contribution is 2.47. The van der Waals surface area contributed by atoms with E-state index < -0.39 is 5.97 Å². The molecule has 120 valence electrons. The Morgan fingerprint density at radius 3 is 2.68 bits per heavy atom. The van der Waals surface area contributed by atoms with Gasteiger partial charge in [-0.3, -0.25) is 14.1 Å². The van der Waals surface area contributed by atoms with Gasteiger partial charge in [0.15, 0.2) is 0 Å². The number of fused-ring (bicyclic) bond motifs is 2. The summed E-state index contributed by atoms with van der Waals surface area (Å²) in [7, 11) is 0. The Balaban J connectivity index is 1.87. The number of carbonyl (C=O) groups is 1. The van der Waals surface area contributed by atoms with Gasteiger partial charge in [-0.1, -0.05) is 12.1 Å². The number of halogens is 2. The number of nitrogens with zero attached hydrogens (tertiary/aromatic N) is 1. The van der Waals surface area contributed by atoms with Crippen molar-refractivity contribution in [1.29, 1.82) is 0 Å². The van der Waals surface area contributed by atoms with E-state index in [4.69, 9.17) is 0 Å². The zero-order valence-electron chi connectivity index (χ0n) is 12.4. The van der Waals surface area contributed by atoms with Gasteiger partial charge in [0.2, 0.25) is 0 Å². The first-order valence-electron chi connectivity index (χ1n) is 7.91. The van der Waals surface area contributed by atoms with E-state index in [1.807, 2.05) is 12.1 Å². The number of alkyl halides is 1. The van der Waals surface area contributed by atoms with Crippen LogP contribution in [0.4, 0.5) is 4.39 Å². The third kappa shape index (κ3) is 3.02. The molecule has 2 aliphatic heterocycles. The second-order valence-electron chi connectivity index (χ2n) is 6.34. The predicted molar refractivity (Wildman–Crippen MR) is 91.8 cm³/mol. The molecule has 2 fully saturated rings. The van der Waals surface area contributed by atoms with Gasteiger partial charge in [-0.15, -0.1) is 0 Å². The third-order valence-corrected chi connectivity index (χ3v) is 5.92. The maximum Gasteiger partial charge on any atom is 0.308 e. The summed E-state index contributed by atoms with van der Waals surface area (Å²) in [4.78, 5) is 14.2. The monoisotopic (exact) mass is 417 g/mol. The number of carboxylic acids is 1. The quantitative estimate of drug-likeness (QED) is 0.744. The van der Waals surface area contributed by atoms with Gasteiger partial charge < -0.3 is 5.11 Å². The van der Waals surface area contributed by atoms with Crippen molar-refractivity contribution in [3.8, 4) is 0 Å². The maximum atomic E-state index is 12.5. The lowest BCUT2D eigenvalue weighted by molar-refractivity contribution is -0.146. The van der Waals surface area contributed by atoms with E-state index in [0.717, 1.165) is 28.4 Å². The normalized spacial score (nSPS) is 31.4. The highest BCUT2D eigenvalue weighted by molar-refractivity contribution is 14.1. The van der Waals surface area contributed by atoms with Gasteiger partial charge in [0.05, 0.1) is 12.6 Å². The van der Waals surface area contributed by atoms with Crippen molar-refractivity contribution in [2.75, 3.05) is 13.2 Å². The van der Waals surface area contributed by atoms with Gasteiger partial charge in [-0.25, -0.2) is 0 Å². The summed E-state index contributed by atoms with van der Waals surface area (Å²) in [5.41, 5.74) is 1.13. The fraction of sp³-hybridized carbons (Fsp3) is 0.588. The number of aliphatic carboxylic acids is 1. The molecule has 0 amide bonds. The summed E-state index contributed by atoms with van der Waals surface area (Å²) in [6.45, 7) is 0.364. The number of benzene rings is 1. The summed E-state index contributed by atoms with van der Waals surface area (Å²) in [5, 5.41) is 9.79. The van der Waals surface area contributed by atoms with E-state index in [1.165, 1.54) is 0 Å². The molecule has 2 bridgehead atoms. The van der Waals surface area contributed by atoms with E-state index in [-0.39, 0.29) is 24.6 Å². The van der Waals surface area contributed by atoms with Crippen molar-refractivity contribution >= 4 is 28.6 Å². The van der Waals surface area contributed by atoms with Gasteiger partial charge in [0, 0.05) is 28.1 Å². The van der Waals surface area contributed by atoms with Crippen LogP contribution in [0.15, 0.2) is 24.3 Å². The summed E-state index contributed by atoms with van der Waals surface area (Å²) in [6, 6.07) is 8.71. The Labute approximate surface area is 144 Å². The van der Waals surface area contributed by atoms with E-state index in [9.17, 15) is 14.3 Å². The summed E-state index contributed by atoms with van der Waals surface area (Å²) in [5.74, 6) is -1.01. The molecule has 3 nitrogen and oxygen atoms in total. The molecule has 3 unspecified atom stereocenters. The van der Waals surface area contributed by atoms with Crippen LogP contribution in [0.2, 0.25) is 0 Å². The molecule has 1 N–H and O–H groups in total. The average molecular weight is 417 g/mol. The summed E-state index contributed by atoms with van der Waals surface area (Å²) < 4.78 is 13.7. The summed E-state index contributed by atoms with van der Waals surface area (Å²) >= 11 is 2.26. The first-order chi connectivity index (χ1) is 10.6. The zero-order chi connectivity index (χ0) is 15.7. The van der Waals surface area contributed by atoms with Gasteiger partial charge in [-0.2, -0.15) is 0 Å². The topological polar surface area (TPSA) is 40.5 Å². The van der Waals surface area contributed by atoms with Crippen molar-refractivity contribution < 1.29 is 14.3 Å². The highest BCUT2D eigenvalue weighted by atomic mass is 127. The molecule has 0 aliphatic carbocycles. The van der Waals surface area contributed by atoms with Crippen LogP contribution in [0.5, 0.6) is 0 Å². The van der Waals surface area contributed by atoms with Crippen LogP contribution >= 0.6 is 22.6 Å². The van der Waals surface area contributed by atoms with E-state index >= 15 is 0 Å². The van der Waals surface area contributed by atoms with Crippen molar-refractivity contribution in [2.24, 2.45) is 5.92 Å². The van der Waals surface area contributed by atoms with Gasteiger partial charge in [0.1, 0.15) is 0 Å². The SMILES string of the molecule is O=C(O)C1C(c2ccc(I)cc2)CC2CC[C@H]1N2CCCF. The minimum absolute atomic E-state index is 0.0621. The molecule has 5 heteroatoms. The third-order valence-electron chi connectivity index (χ3n) is 5.20. The Bertz CT molecular complexity index is 536. The second-order valence-corrected chi connectivity index (χ2v) is 7.58. The van der Waals surface area contributed by atoms with Gasteiger partial charge >= 0.3 is 5.97 Å². The molecule has 0 aromatic heterocycles. The fourth-order valence-electron chi connectivity index (χ4n) is 4.29. The van der Waals surface area contributed by atoms with E-state index in [2.05, 4.69) is 39.6 Å². The smallest absolute Gasteiger partial charge is 0.308 e. The molecular formula is C17H21FINO2. The van der Waals surface area contributed by atoms with Gasteiger partial charge in [0.25, 0.3) is 0 Å². The molecule has 4 atom stereocenters. The Morgan fingerprint density at radius 1 is 1.32 bits per heavy atom. The second kappa shape index (κ2) is 6.83. The Hall–Kier alpha value is -0.690. The number of hydrogen-bond donors (Lipinski definition) is 1. The van der Waals surface area contributed by atoms with Crippen molar-refractivity contribution in [1.82, 2.24) is 4.90 Å². The number of carboxylic acid groups (broad SMARTS) is 1. The zero-order valence-corrected chi connectivity index (χ0v) is 14.6. The van der Waals surface area contributed by atoms with Gasteiger partial charge in [-0.05, 0) is 66.0 Å². The largest absolute Gasteiger partial charge is 0.481 e. The van der Waals surface area contributed by atoms with Crippen LogP contribution in [0.25, 0.3) is 0 Å². The molecule has 3 rings (SSSR count). The number of piperidine rings is 1. The molecule has 0 radical (unpaired) electrons. The van der Waals surface area contributed by atoms with Crippen molar-refractivity contribution in [3.05, 3.63) is 33.4 Å². The van der Waals surface area contributed by atoms with E-state index in [1.54, 1.807) is 0 Å². The van der Waals surface area contributed by atoms with Crippen LogP contribution in [-0.2, 0) is 4.79 Å². The Morgan fingerprint density at radius 2 is 2.05 bits per heavy atom. The minimum atomic E-state index is -0.709. The number of hydrogen-bond acceptors (Lipinski definition) is 2. The molecule has 2 saturated heterocycles. The first-order valence-corrected chi connectivity index (χ1v) is 8.99. The van der Waals surface area contributed by atoms with Crippen LogP contribution in [0, 0.1) is 9.49 Å². The van der Waals surface area contributed by atoms with Crippen molar-refractivity contribution in [3.63, 3.8) is 0 Å². The lowest BCUT2D eigenvalue weighted by atomic mass is 9.76. The lowest BCUT2D eigenvalue weighted by Gasteiger charge is -2.43. The lowest BCUT2D eigenvalue weighted by Crippen LogP contribution is -2.51. The molecule has 2 heterocycles. The molecule has 0 spiro atoms. The summed E-state index contributed by atoms with van der Waals surface area (Å²) in [6.07, 6.45) is 3.35. The van der Waals surface area contributed by atoms with Crippen molar-refractivity contribution in [2.45, 2.75) is 43.7 Å². The molecule has 1 aromatic carbocycles. The van der Waals surface area contributed by atoms with Crippen LogP contribution in [0.3, 0.4) is 0 Å². The average Bonchev–Trinajstić information content (AvgIpc) is 2.76. The molecule has 22 heavy (non-hydrogen) atoms. The maximum absolute atomic E-state index is 12.5. The Kier molecular flexibility index (Phi) is 5.02. The standard InChI is InChI=1S/C17H21FINO2/c18-8-1-9-20-13-6-7-15(20)16(17(21)22)14(10-13)11-2-4-12(19)5-3-11/h2-5,13-16H,1,6-10H2,(H,21,22)/t13?,14?,15-,16?/m1/s1. The minimum Gasteiger partial charge on any atom is -0.481 e. The molecule has 1 aromatic rings. The predicted octanol–water partition coefficient (Wildman–Crippen LogP) is 3.67. The number of rotatable bonds is 5. The highest BCUT2D eigenvalue weighted by Gasteiger charge is 2.50. The fourth-order valence-corrected chi connectivity index (χ4v) is 4.65. The molecule has 0 saturated carbocycles. The van der Waals surface area contributed by atoms with Crippen LogP contribution in [-0.4, -0.2) is 41.3 Å². The van der Waals surface area contributed by atoms with Crippen LogP contribution in [0.1, 0.15) is 37.2 Å². The van der Waals surface area contributed by atoms with Crippen LogP contribution < -0.4 is 0 Å². The molecular weight excluding hydrogens is 396 g/mol. The molecule has 2 aliphatic rings. The van der Waals surface area contributed by atoms with E-state index in [0.29, 0.717) is 19.0 Å². The first kappa shape index (κ1) is 16.2.